The summed E-state index contributed by atoms with van der Waals surface area (Å²) in [5.41, 5.74) is 3.29. The first-order chi connectivity index (χ1) is 22.0. The number of benzene rings is 2. The van der Waals surface area contributed by atoms with Crippen LogP contribution in [0.5, 0.6) is 0 Å². The number of rotatable bonds is 6. The summed E-state index contributed by atoms with van der Waals surface area (Å²) >= 11 is 0. The number of esters is 1. The van der Waals surface area contributed by atoms with Gasteiger partial charge in [-0.3, -0.25) is 14.4 Å². The van der Waals surface area contributed by atoms with Gasteiger partial charge < -0.3 is 30.2 Å². The van der Waals surface area contributed by atoms with E-state index in [2.05, 4.69) is 10.6 Å². The van der Waals surface area contributed by atoms with Crippen LogP contribution >= 0.6 is 0 Å². The minimum Gasteiger partial charge on any atom is -0.458 e. The summed E-state index contributed by atoms with van der Waals surface area (Å²) in [6.07, 6.45) is 1.09. The van der Waals surface area contributed by atoms with Crippen LogP contribution in [-0.2, 0) is 50.7 Å². The smallest absolute Gasteiger partial charge is 0.343 e. The maximum atomic E-state index is 15.2. The maximum absolute atomic E-state index is 15.2. The molecule has 4 aromatic rings. The highest BCUT2D eigenvalue weighted by Crippen LogP contribution is 2.46. The van der Waals surface area contributed by atoms with E-state index in [0.29, 0.717) is 46.6 Å². The molecule has 12 heteroatoms. The van der Waals surface area contributed by atoms with Gasteiger partial charge in [0.15, 0.2) is 5.60 Å². The molecule has 0 unspecified atom stereocenters. The second kappa shape index (κ2) is 10.8. The van der Waals surface area contributed by atoms with E-state index < -0.39 is 41.5 Å². The summed E-state index contributed by atoms with van der Waals surface area (Å²) < 4.78 is 21.9. The third-order valence-electron chi connectivity index (χ3n) is 9.46. The first-order valence-electron chi connectivity index (χ1n) is 15.1. The lowest BCUT2D eigenvalue weighted by Gasteiger charge is -2.31. The third-order valence-corrected chi connectivity index (χ3v) is 9.46. The number of fused-ring (bicyclic) bond motifs is 5. The van der Waals surface area contributed by atoms with Gasteiger partial charge in [0, 0.05) is 28.3 Å². The van der Waals surface area contributed by atoms with E-state index >= 15 is 4.39 Å². The van der Waals surface area contributed by atoms with Gasteiger partial charge >= 0.3 is 5.97 Å². The zero-order valence-corrected chi connectivity index (χ0v) is 25.2. The van der Waals surface area contributed by atoms with Crippen LogP contribution in [0.1, 0.15) is 64.8 Å². The van der Waals surface area contributed by atoms with Crippen molar-refractivity contribution in [2.45, 2.75) is 64.3 Å². The number of aryl methyl sites for hydroxylation is 1. The van der Waals surface area contributed by atoms with E-state index in [1.165, 1.54) is 10.6 Å². The number of ether oxygens (including phenoxy) is 1. The largest absolute Gasteiger partial charge is 0.458 e. The van der Waals surface area contributed by atoms with Crippen LogP contribution in [-0.4, -0.2) is 44.2 Å². The van der Waals surface area contributed by atoms with Gasteiger partial charge in [0.1, 0.15) is 19.0 Å². The predicted molar refractivity (Wildman–Crippen MR) is 164 cm³/mol. The molecule has 0 radical (unpaired) electrons. The third kappa shape index (κ3) is 4.51. The second-order valence-corrected chi connectivity index (χ2v) is 12.1. The molecule has 0 bridgehead atoms. The van der Waals surface area contributed by atoms with Crippen molar-refractivity contribution in [2.75, 3.05) is 11.9 Å². The molecule has 0 fully saturated rings. The van der Waals surface area contributed by atoms with E-state index in [1.54, 1.807) is 44.2 Å². The lowest BCUT2D eigenvalue weighted by Crippen LogP contribution is -2.44. The van der Waals surface area contributed by atoms with Gasteiger partial charge in [-0.1, -0.05) is 19.1 Å². The first-order valence-corrected chi connectivity index (χ1v) is 15.1. The monoisotopic (exact) mass is 626 g/mol. The van der Waals surface area contributed by atoms with Crippen LogP contribution < -0.4 is 16.2 Å². The molecular weight excluding hydrogens is 595 g/mol. The number of aliphatic hydroxyl groups is 2. The fraction of sp³-hybridized carbons (Fsp3) is 0.324. The number of hydrogen-bond acceptors (Lipinski definition) is 8. The number of nitrogens with one attached hydrogen (secondary N) is 2. The Morgan fingerprint density at radius 2 is 1.89 bits per heavy atom. The molecular formula is C34H31FN4O7. The molecule has 2 aromatic heterocycles. The van der Waals surface area contributed by atoms with Gasteiger partial charge in [-0.2, -0.15) is 0 Å². The van der Waals surface area contributed by atoms with E-state index in [1.807, 2.05) is 0 Å². The number of nitrogens with zero attached hydrogens (tertiary/aromatic N) is 2. The number of cyclic esters (lactones) is 1. The van der Waals surface area contributed by atoms with E-state index in [-0.39, 0.29) is 43.0 Å². The number of hydrogen-bond donors (Lipinski definition) is 4. The molecule has 0 saturated carbocycles. The summed E-state index contributed by atoms with van der Waals surface area (Å²) in [4.78, 5) is 56.1. The van der Waals surface area contributed by atoms with Crippen LogP contribution in [0.2, 0.25) is 0 Å². The number of pyridine rings is 2. The van der Waals surface area contributed by atoms with Crippen molar-refractivity contribution in [3.63, 3.8) is 0 Å². The lowest BCUT2D eigenvalue weighted by molar-refractivity contribution is -0.172. The van der Waals surface area contributed by atoms with Crippen molar-refractivity contribution in [3.05, 3.63) is 91.5 Å². The number of amides is 2. The molecule has 0 spiro atoms. The number of aliphatic hydroxyl groups excluding tert-OH is 1. The SMILES string of the molecule is CC[C@@]1(O)C(=O)OCc2c1cc1n(c2=O)Cc2c-1nc1cc(F)c(C)c3c1c2[C@@H](NC(=O)Cc1ccc(NC(=O)CO)cc1)CC3. The Bertz CT molecular complexity index is 2060. The number of anilines is 1. The van der Waals surface area contributed by atoms with Crippen molar-refractivity contribution in [1.82, 2.24) is 14.9 Å². The Morgan fingerprint density at radius 3 is 2.61 bits per heavy atom. The molecule has 4 N–H and O–H groups in total. The van der Waals surface area contributed by atoms with Crippen LogP contribution in [0.4, 0.5) is 10.1 Å². The van der Waals surface area contributed by atoms with Crippen molar-refractivity contribution in [3.8, 4) is 11.4 Å². The van der Waals surface area contributed by atoms with Crippen molar-refractivity contribution in [1.29, 1.82) is 0 Å². The average molecular weight is 627 g/mol. The van der Waals surface area contributed by atoms with Gasteiger partial charge in [0.25, 0.3) is 5.56 Å². The quantitative estimate of drug-likeness (QED) is 0.210. The van der Waals surface area contributed by atoms with Gasteiger partial charge in [-0.05, 0) is 66.6 Å². The Morgan fingerprint density at radius 1 is 1.13 bits per heavy atom. The summed E-state index contributed by atoms with van der Waals surface area (Å²) in [5, 5.41) is 26.7. The number of aromatic nitrogens is 2. The lowest BCUT2D eigenvalue weighted by atomic mass is 9.81. The number of carbonyl (C=O) groups is 3. The van der Waals surface area contributed by atoms with Crippen molar-refractivity contribution in [2.24, 2.45) is 0 Å². The second-order valence-electron chi connectivity index (χ2n) is 12.1. The van der Waals surface area contributed by atoms with Crippen LogP contribution in [0, 0.1) is 12.7 Å². The zero-order chi connectivity index (χ0) is 32.5. The molecule has 11 nitrogen and oxygen atoms in total. The number of carbonyl (C=O) groups excluding carboxylic acids is 3. The maximum Gasteiger partial charge on any atom is 0.343 e. The fourth-order valence-electron chi connectivity index (χ4n) is 7.04. The van der Waals surface area contributed by atoms with Crippen molar-refractivity contribution < 1.29 is 33.7 Å². The predicted octanol–water partition coefficient (Wildman–Crippen LogP) is 2.80. The Hall–Kier alpha value is -4.94. The standard InChI is InChI=1S/C34H31FN4O7/c1-3-34(45)22-11-26-31-20(13-39(26)32(43)21(22)15-46-33(34)44)30-24(9-8-19-16(2)23(35)12-25(38-31)29(19)30)37-27(41)10-17-4-6-18(7-5-17)36-28(42)14-40/h4-7,11-12,24,40,45H,3,8-10,13-15H2,1-2H3,(H,36,42)(H,37,41)/t24-,34-/m0/s1. The summed E-state index contributed by atoms with van der Waals surface area (Å²) in [7, 11) is 0. The molecule has 2 atom stereocenters. The zero-order valence-electron chi connectivity index (χ0n) is 25.2. The Balaban J connectivity index is 1.30. The van der Waals surface area contributed by atoms with Gasteiger partial charge in [0.2, 0.25) is 11.8 Å². The molecule has 46 heavy (non-hydrogen) atoms. The van der Waals surface area contributed by atoms with Crippen LogP contribution in [0.15, 0.2) is 41.2 Å². The van der Waals surface area contributed by atoms with E-state index in [4.69, 9.17) is 14.8 Å². The van der Waals surface area contributed by atoms with E-state index in [0.717, 1.165) is 22.1 Å². The molecule has 2 aliphatic heterocycles. The minimum absolute atomic E-state index is 0.00690. The molecule has 7 rings (SSSR count). The van der Waals surface area contributed by atoms with E-state index in [9.17, 15) is 24.3 Å². The highest BCUT2D eigenvalue weighted by Gasteiger charge is 2.46. The normalized spacial score (nSPS) is 19.2. The molecule has 2 aromatic carbocycles. The first kappa shape index (κ1) is 29.8. The topological polar surface area (TPSA) is 160 Å². The van der Waals surface area contributed by atoms with Crippen LogP contribution in [0.25, 0.3) is 22.3 Å². The van der Waals surface area contributed by atoms with Crippen molar-refractivity contribution >= 4 is 34.4 Å². The fourth-order valence-corrected chi connectivity index (χ4v) is 7.04. The average Bonchev–Trinajstić information content (AvgIpc) is 3.41. The molecule has 236 valence electrons. The Kier molecular flexibility index (Phi) is 7.02. The molecule has 1 aliphatic carbocycles. The van der Waals surface area contributed by atoms with Gasteiger partial charge in [-0.25, -0.2) is 14.2 Å². The summed E-state index contributed by atoms with van der Waals surface area (Å²) in [6.45, 7) is 2.62. The van der Waals surface area contributed by atoms with Crippen LogP contribution in [0.3, 0.4) is 0 Å². The summed E-state index contributed by atoms with van der Waals surface area (Å²) in [5.74, 6) is -2.00. The molecule has 3 aliphatic rings. The van der Waals surface area contributed by atoms with Gasteiger partial charge in [0.05, 0.1) is 41.5 Å². The highest BCUT2D eigenvalue weighted by atomic mass is 19.1. The number of halogens is 1. The minimum atomic E-state index is -1.98. The molecule has 0 saturated heterocycles. The Labute approximate surface area is 262 Å². The van der Waals surface area contributed by atoms with Gasteiger partial charge in [-0.15, -0.1) is 0 Å². The molecule has 4 heterocycles. The summed E-state index contributed by atoms with van der Waals surface area (Å²) in [6, 6.07) is 9.27. The highest BCUT2D eigenvalue weighted by molar-refractivity contribution is 5.94. The molecule has 2 amide bonds.